The van der Waals surface area contributed by atoms with Crippen molar-refractivity contribution in [1.82, 2.24) is 9.78 Å². The molecule has 0 radical (unpaired) electrons. The Morgan fingerprint density at radius 2 is 2.28 bits per heavy atom. The largest absolute Gasteiger partial charge is 0.382 e. The molecule has 0 saturated carbocycles. The minimum absolute atomic E-state index is 0.264. The highest BCUT2D eigenvalue weighted by Gasteiger charge is 2.07. The summed E-state index contributed by atoms with van der Waals surface area (Å²) >= 11 is 0. The van der Waals surface area contributed by atoms with Crippen molar-refractivity contribution in [3.63, 3.8) is 0 Å². The van der Waals surface area contributed by atoms with Crippen molar-refractivity contribution in [3.05, 3.63) is 42.0 Å². The molecule has 0 spiro atoms. The van der Waals surface area contributed by atoms with E-state index in [-0.39, 0.29) is 5.82 Å². The fraction of sp³-hybridized carbons (Fsp3) is 0.308. The van der Waals surface area contributed by atoms with E-state index < -0.39 is 0 Å². The summed E-state index contributed by atoms with van der Waals surface area (Å²) in [5.74, 6) is -0.264. The highest BCUT2D eigenvalue weighted by molar-refractivity contribution is 5.49. The summed E-state index contributed by atoms with van der Waals surface area (Å²) in [6.45, 7) is 3.42. The third-order valence-electron chi connectivity index (χ3n) is 2.76. The molecule has 5 heteroatoms. The Balaban J connectivity index is 2.20. The van der Waals surface area contributed by atoms with E-state index in [1.54, 1.807) is 16.9 Å². The second-order valence-corrected chi connectivity index (χ2v) is 4.10. The topological polar surface area (TPSA) is 55.9 Å². The summed E-state index contributed by atoms with van der Waals surface area (Å²) < 4.78 is 14.9. The van der Waals surface area contributed by atoms with Crippen LogP contribution in [0.2, 0.25) is 0 Å². The minimum Gasteiger partial charge on any atom is -0.382 e. The number of nitrogens with two attached hydrogens (primary N) is 1. The van der Waals surface area contributed by atoms with Gasteiger partial charge in [-0.05, 0) is 38.1 Å². The predicted octanol–water partition coefficient (Wildman–Crippen LogP) is 2.08. The van der Waals surface area contributed by atoms with Gasteiger partial charge in [-0.25, -0.2) is 9.07 Å². The fourth-order valence-electron chi connectivity index (χ4n) is 1.78. The van der Waals surface area contributed by atoms with Crippen LogP contribution in [0.25, 0.3) is 5.69 Å². The average Bonchev–Trinajstić information content (AvgIpc) is 2.72. The molecule has 0 amide bonds. The average molecular weight is 248 g/mol. The third-order valence-corrected chi connectivity index (χ3v) is 2.76. The standard InChI is InChI=1S/C13H17FN4/c1-10-13(16-7-3-6-15)9-17-18(10)12-5-2-4-11(14)8-12/h2,4-5,8-9,16H,3,6-7,15H2,1H3. The Hall–Kier alpha value is -1.88. The van der Waals surface area contributed by atoms with E-state index in [9.17, 15) is 4.39 Å². The molecule has 0 aliphatic heterocycles. The zero-order valence-electron chi connectivity index (χ0n) is 10.4. The zero-order chi connectivity index (χ0) is 13.0. The predicted molar refractivity (Wildman–Crippen MR) is 70.4 cm³/mol. The van der Waals surface area contributed by atoms with Gasteiger partial charge in [0, 0.05) is 6.54 Å². The Morgan fingerprint density at radius 3 is 3.00 bits per heavy atom. The van der Waals surface area contributed by atoms with Crippen LogP contribution in [-0.2, 0) is 0 Å². The van der Waals surface area contributed by atoms with Crippen molar-refractivity contribution in [2.75, 3.05) is 18.4 Å². The van der Waals surface area contributed by atoms with Crippen molar-refractivity contribution < 1.29 is 4.39 Å². The number of nitrogens with zero attached hydrogens (tertiary/aromatic N) is 2. The van der Waals surface area contributed by atoms with Crippen molar-refractivity contribution >= 4 is 5.69 Å². The summed E-state index contributed by atoms with van der Waals surface area (Å²) in [7, 11) is 0. The molecule has 0 atom stereocenters. The van der Waals surface area contributed by atoms with E-state index in [1.165, 1.54) is 12.1 Å². The lowest BCUT2D eigenvalue weighted by Gasteiger charge is -2.07. The monoisotopic (exact) mass is 248 g/mol. The van der Waals surface area contributed by atoms with Gasteiger partial charge in [-0.3, -0.25) is 0 Å². The van der Waals surface area contributed by atoms with Gasteiger partial charge in [-0.2, -0.15) is 5.10 Å². The molecule has 0 fully saturated rings. The molecular formula is C13H17FN4. The number of benzene rings is 1. The molecule has 2 rings (SSSR count). The molecule has 2 aromatic rings. The number of halogens is 1. The molecule has 4 nitrogen and oxygen atoms in total. The van der Waals surface area contributed by atoms with Crippen molar-refractivity contribution in [2.24, 2.45) is 5.73 Å². The number of aromatic nitrogens is 2. The molecule has 0 aliphatic rings. The molecule has 0 unspecified atom stereocenters. The summed E-state index contributed by atoms with van der Waals surface area (Å²) in [5, 5.41) is 7.52. The second kappa shape index (κ2) is 5.64. The van der Waals surface area contributed by atoms with E-state index in [4.69, 9.17) is 5.73 Å². The van der Waals surface area contributed by atoms with Crippen LogP contribution in [0.15, 0.2) is 30.5 Å². The van der Waals surface area contributed by atoms with Crippen LogP contribution in [0.3, 0.4) is 0 Å². The fourth-order valence-corrected chi connectivity index (χ4v) is 1.78. The molecular weight excluding hydrogens is 231 g/mol. The van der Waals surface area contributed by atoms with Gasteiger partial charge < -0.3 is 11.1 Å². The van der Waals surface area contributed by atoms with Gasteiger partial charge in [-0.1, -0.05) is 6.07 Å². The molecule has 18 heavy (non-hydrogen) atoms. The number of hydrogen-bond donors (Lipinski definition) is 2. The SMILES string of the molecule is Cc1c(NCCCN)cnn1-c1cccc(F)c1. The van der Waals surface area contributed by atoms with E-state index >= 15 is 0 Å². The first-order valence-corrected chi connectivity index (χ1v) is 5.97. The molecule has 0 saturated heterocycles. The molecule has 1 heterocycles. The summed E-state index contributed by atoms with van der Waals surface area (Å²) in [4.78, 5) is 0. The third kappa shape index (κ3) is 2.68. The van der Waals surface area contributed by atoms with Crippen molar-refractivity contribution in [2.45, 2.75) is 13.3 Å². The van der Waals surface area contributed by atoms with E-state index in [1.807, 2.05) is 13.0 Å². The van der Waals surface area contributed by atoms with Crippen LogP contribution >= 0.6 is 0 Å². The highest BCUT2D eigenvalue weighted by Crippen LogP contribution is 2.18. The maximum absolute atomic E-state index is 13.2. The first kappa shape index (κ1) is 12.6. The van der Waals surface area contributed by atoms with Crippen molar-refractivity contribution in [1.29, 1.82) is 0 Å². The molecule has 1 aromatic carbocycles. The van der Waals surface area contributed by atoms with E-state index in [0.717, 1.165) is 30.0 Å². The molecule has 1 aromatic heterocycles. The Kier molecular flexibility index (Phi) is 3.94. The molecule has 96 valence electrons. The Bertz CT molecular complexity index is 521. The quantitative estimate of drug-likeness (QED) is 0.796. The first-order valence-electron chi connectivity index (χ1n) is 5.97. The van der Waals surface area contributed by atoms with E-state index in [2.05, 4.69) is 10.4 Å². The Morgan fingerprint density at radius 1 is 1.44 bits per heavy atom. The normalized spacial score (nSPS) is 10.6. The molecule has 0 bridgehead atoms. The van der Waals surface area contributed by atoms with Crippen LogP contribution in [0.5, 0.6) is 0 Å². The maximum Gasteiger partial charge on any atom is 0.125 e. The summed E-state index contributed by atoms with van der Waals surface area (Å²) in [5.41, 5.74) is 8.07. The lowest BCUT2D eigenvalue weighted by Crippen LogP contribution is -2.09. The van der Waals surface area contributed by atoms with Crippen LogP contribution in [-0.4, -0.2) is 22.9 Å². The van der Waals surface area contributed by atoms with Gasteiger partial charge in [0.05, 0.1) is 23.3 Å². The number of nitrogens with one attached hydrogen (secondary N) is 1. The van der Waals surface area contributed by atoms with Gasteiger partial charge >= 0.3 is 0 Å². The second-order valence-electron chi connectivity index (χ2n) is 4.10. The van der Waals surface area contributed by atoms with Crippen LogP contribution in [0.1, 0.15) is 12.1 Å². The number of anilines is 1. The lowest BCUT2D eigenvalue weighted by atomic mass is 10.3. The smallest absolute Gasteiger partial charge is 0.125 e. The van der Waals surface area contributed by atoms with Gasteiger partial charge in [-0.15, -0.1) is 0 Å². The van der Waals surface area contributed by atoms with Gasteiger partial charge in [0.15, 0.2) is 0 Å². The summed E-state index contributed by atoms with van der Waals surface area (Å²) in [6.07, 6.45) is 2.65. The summed E-state index contributed by atoms with van der Waals surface area (Å²) in [6, 6.07) is 6.38. The number of rotatable bonds is 5. The molecule has 0 aliphatic carbocycles. The Labute approximate surface area is 106 Å². The minimum atomic E-state index is -0.264. The zero-order valence-corrected chi connectivity index (χ0v) is 10.4. The van der Waals surface area contributed by atoms with E-state index in [0.29, 0.717) is 6.54 Å². The first-order chi connectivity index (χ1) is 8.72. The molecule has 3 N–H and O–H groups in total. The van der Waals surface area contributed by atoms with Gasteiger partial charge in [0.25, 0.3) is 0 Å². The van der Waals surface area contributed by atoms with Gasteiger partial charge in [0.2, 0.25) is 0 Å². The lowest BCUT2D eigenvalue weighted by molar-refractivity contribution is 0.625. The maximum atomic E-state index is 13.2. The van der Waals surface area contributed by atoms with Crippen LogP contribution < -0.4 is 11.1 Å². The van der Waals surface area contributed by atoms with Crippen LogP contribution in [0, 0.1) is 12.7 Å². The highest BCUT2D eigenvalue weighted by atomic mass is 19.1. The van der Waals surface area contributed by atoms with Gasteiger partial charge in [0.1, 0.15) is 5.82 Å². The number of hydrogen-bond acceptors (Lipinski definition) is 3. The van der Waals surface area contributed by atoms with Crippen LogP contribution in [0.4, 0.5) is 10.1 Å². The van der Waals surface area contributed by atoms with Crippen molar-refractivity contribution in [3.8, 4) is 5.69 Å².